The first-order valence-corrected chi connectivity index (χ1v) is 15.7. The van der Waals surface area contributed by atoms with E-state index >= 15 is 0 Å². The first-order valence-electron chi connectivity index (χ1n) is 13.4. The van der Waals surface area contributed by atoms with E-state index in [0.717, 1.165) is 38.3 Å². The highest BCUT2D eigenvalue weighted by molar-refractivity contribution is 14.1. The molecule has 0 saturated heterocycles. The van der Waals surface area contributed by atoms with Gasteiger partial charge in [0.25, 0.3) is 5.91 Å². The number of halogens is 2. The molecule has 0 fully saturated rings. The molecular formula is C31H35BrIN5O3. The van der Waals surface area contributed by atoms with Crippen molar-refractivity contribution in [3.8, 4) is 17.0 Å². The number of amides is 2. The number of carbonyl (C=O) groups is 2. The highest BCUT2D eigenvalue weighted by atomic mass is 127. The summed E-state index contributed by atoms with van der Waals surface area (Å²) in [5.41, 5.74) is 10.2. The molecule has 0 spiro atoms. The summed E-state index contributed by atoms with van der Waals surface area (Å²) < 4.78 is 9.50. The van der Waals surface area contributed by atoms with Crippen LogP contribution in [0.15, 0.2) is 71.5 Å². The number of fused-ring (bicyclic) bond motifs is 1. The summed E-state index contributed by atoms with van der Waals surface area (Å²) in [6.07, 6.45) is 4.51. The van der Waals surface area contributed by atoms with Crippen molar-refractivity contribution in [2.45, 2.75) is 56.2 Å². The molecule has 8 nitrogen and oxygen atoms in total. The lowest BCUT2D eigenvalue weighted by Crippen LogP contribution is -2.53. The van der Waals surface area contributed by atoms with Gasteiger partial charge in [-0.3, -0.25) is 9.59 Å². The molecule has 0 bridgehead atoms. The number of ether oxygens (including phenoxy) is 1. The van der Waals surface area contributed by atoms with Crippen molar-refractivity contribution in [2.75, 3.05) is 6.54 Å². The molecule has 0 aliphatic carbocycles. The van der Waals surface area contributed by atoms with E-state index in [4.69, 9.17) is 15.5 Å². The summed E-state index contributed by atoms with van der Waals surface area (Å²) in [5.74, 6) is 0.274. The smallest absolute Gasteiger partial charge is 0.251 e. The van der Waals surface area contributed by atoms with Crippen LogP contribution in [0.25, 0.3) is 16.9 Å². The Morgan fingerprint density at radius 3 is 2.51 bits per heavy atom. The van der Waals surface area contributed by atoms with Gasteiger partial charge in [0.05, 0.1) is 27.9 Å². The SMILES string of the molecule is CC(C)Oc1ccc(C(=O)N[C@H](CNC(=O)C(C)(C)N)Cc2ccc(-c3cn4cccc(Br)c4n3)cc2)cc1CI. The van der Waals surface area contributed by atoms with Crippen molar-refractivity contribution in [3.05, 3.63) is 88.2 Å². The maximum Gasteiger partial charge on any atom is 0.251 e. The van der Waals surface area contributed by atoms with E-state index in [1.54, 1.807) is 19.9 Å². The second-order valence-corrected chi connectivity index (χ2v) is 12.5. The third kappa shape index (κ3) is 8.08. The predicted molar refractivity (Wildman–Crippen MR) is 174 cm³/mol. The number of pyridine rings is 1. The quantitative estimate of drug-likeness (QED) is 0.136. The summed E-state index contributed by atoms with van der Waals surface area (Å²) >= 11 is 5.82. The Hall–Kier alpha value is -2.96. The Kier molecular flexibility index (Phi) is 10.1. The van der Waals surface area contributed by atoms with E-state index < -0.39 is 5.54 Å². The minimum atomic E-state index is -1.03. The Morgan fingerprint density at radius 2 is 1.88 bits per heavy atom. The fourth-order valence-corrected chi connectivity index (χ4v) is 5.34. The van der Waals surface area contributed by atoms with Crippen molar-refractivity contribution in [1.29, 1.82) is 0 Å². The second kappa shape index (κ2) is 13.3. The third-order valence-electron chi connectivity index (χ3n) is 6.43. The molecule has 2 aromatic carbocycles. The largest absolute Gasteiger partial charge is 0.491 e. The lowest BCUT2D eigenvalue weighted by molar-refractivity contribution is -0.125. The van der Waals surface area contributed by atoms with Crippen molar-refractivity contribution >= 4 is 56.0 Å². The Morgan fingerprint density at radius 1 is 1.15 bits per heavy atom. The fourth-order valence-electron chi connectivity index (χ4n) is 4.29. The zero-order chi connectivity index (χ0) is 29.7. The van der Waals surface area contributed by atoms with Gasteiger partial charge < -0.3 is 25.5 Å². The molecule has 4 N–H and O–H groups in total. The molecule has 0 aliphatic heterocycles. The molecule has 2 aromatic heterocycles. The van der Waals surface area contributed by atoms with Crippen molar-refractivity contribution in [3.63, 3.8) is 0 Å². The maximum absolute atomic E-state index is 13.3. The number of alkyl halides is 1. The van der Waals surface area contributed by atoms with Crippen LogP contribution in [0.1, 0.15) is 49.2 Å². The molecular weight excluding hydrogens is 697 g/mol. The Balaban J connectivity index is 1.52. The number of nitrogens with zero attached hydrogens (tertiary/aromatic N) is 2. The number of imidazole rings is 1. The average molecular weight is 732 g/mol. The molecule has 216 valence electrons. The van der Waals surface area contributed by atoms with Gasteiger partial charge in [-0.15, -0.1) is 0 Å². The molecule has 4 aromatic rings. The van der Waals surface area contributed by atoms with Gasteiger partial charge >= 0.3 is 0 Å². The lowest BCUT2D eigenvalue weighted by atomic mass is 10.0. The van der Waals surface area contributed by atoms with Gasteiger partial charge in [-0.05, 0) is 85.9 Å². The van der Waals surface area contributed by atoms with Gasteiger partial charge in [0, 0.05) is 40.1 Å². The van der Waals surface area contributed by atoms with E-state index in [-0.39, 0.29) is 30.5 Å². The van der Waals surface area contributed by atoms with E-state index in [9.17, 15) is 9.59 Å². The van der Waals surface area contributed by atoms with E-state index in [1.165, 1.54) is 0 Å². The van der Waals surface area contributed by atoms with Crippen molar-refractivity contribution in [2.24, 2.45) is 5.73 Å². The van der Waals surface area contributed by atoms with Gasteiger partial charge in [-0.1, -0.05) is 46.9 Å². The monoisotopic (exact) mass is 731 g/mol. The molecule has 10 heteroatoms. The predicted octanol–water partition coefficient (Wildman–Crippen LogP) is 5.68. The molecule has 0 radical (unpaired) electrons. The number of nitrogens with two attached hydrogens (primary N) is 1. The minimum absolute atomic E-state index is 0.0390. The van der Waals surface area contributed by atoms with E-state index in [2.05, 4.69) is 49.2 Å². The van der Waals surface area contributed by atoms with E-state index in [1.807, 2.05) is 79.2 Å². The molecule has 1 atom stereocenters. The molecule has 41 heavy (non-hydrogen) atoms. The summed E-state index contributed by atoms with van der Waals surface area (Å²) in [5, 5.41) is 6.01. The minimum Gasteiger partial charge on any atom is -0.491 e. The number of benzene rings is 2. The molecule has 0 saturated carbocycles. The van der Waals surface area contributed by atoms with Gasteiger partial charge in [0.1, 0.15) is 5.75 Å². The van der Waals surface area contributed by atoms with Crippen LogP contribution in [-0.4, -0.2) is 45.4 Å². The summed E-state index contributed by atoms with van der Waals surface area (Å²) in [4.78, 5) is 30.6. The Labute approximate surface area is 262 Å². The summed E-state index contributed by atoms with van der Waals surface area (Å²) in [6, 6.07) is 17.1. The van der Waals surface area contributed by atoms with Crippen molar-refractivity contribution in [1.82, 2.24) is 20.0 Å². The van der Waals surface area contributed by atoms with Gasteiger partial charge in [0.2, 0.25) is 5.91 Å². The normalized spacial score (nSPS) is 12.4. The van der Waals surface area contributed by atoms with Crippen LogP contribution >= 0.6 is 38.5 Å². The molecule has 4 rings (SSSR count). The Bertz CT molecular complexity index is 1530. The number of rotatable bonds is 11. The highest BCUT2D eigenvalue weighted by Gasteiger charge is 2.24. The fraction of sp³-hybridized carbons (Fsp3) is 0.323. The summed E-state index contributed by atoms with van der Waals surface area (Å²) in [7, 11) is 0. The van der Waals surface area contributed by atoms with Crippen LogP contribution in [0.3, 0.4) is 0 Å². The van der Waals surface area contributed by atoms with Crippen LogP contribution in [0.2, 0.25) is 0 Å². The maximum atomic E-state index is 13.3. The number of aromatic nitrogens is 2. The zero-order valence-corrected chi connectivity index (χ0v) is 27.3. The van der Waals surface area contributed by atoms with Crippen LogP contribution in [0, 0.1) is 0 Å². The average Bonchev–Trinajstić information content (AvgIpc) is 3.37. The standard InChI is InChI=1S/C31H35BrIN5O3/c1-19(2)41-27-12-11-22(15-23(27)16-33)29(39)36-24(17-35-30(40)31(3,4)34)14-20-7-9-21(10-8-20)26-18-38-13-5-6-25(32)28(38)37-26/h5-13,15,18-19,24H,14,16-17,34H2,1-4H3,(H,35,40)(H,36,39)/t24-/m0/s1. The first kappa shape index (κ1) is 31.0. The van der Waals surface area contributed by atoms with Gasteiger partial charge in [0.15, 0.2) is 5.65 Å². The molecule has 0 unspecified atom stereocenters. The third-order valence-corrected chi connectivity index (χ3v) is 7.87. The van der Waals surface area contributed by atoms with Crippen LogP contribution < -0.4 is 21.1 Å². The lowest BCUT2D eigenvalue weighted by Gasteiger charge is -2.23. The first-order chi connectivity index (χ1) is 19.4. The zero-order valence-electron chi connectivity index (χ0n) is 23.6. The topological polar surface area (TPSA) is 111 Å². The number of hydrogen-bond donors (Lipinski definition) is 3. The highest BCUT2D eigenvalue weighted by Crippen LogP contribution is 2.25. The molecule has 2 heterocycles. The molecule has 2 amide bonds. The molecule has 0 aliphatic rings. The second-order valence-electron chi connectivity index (χ2n) is 10.8. The summed E-state index contributed by atoms with van der Waals surface area (Å²) in [6.45, 7) is 7.49. The van der Waals surface area contributed by atoms with E-state index in [0.29, 0.717) is 16.4 Å². The van der Waals surface area contributed by atoms with Crippen LogP contribution in [0.4, 0.5) is 0 Å². The van der Waals surface area contributed by atoms with Crippen molar-refractivity contribution < 1.29 is 14.3 Å². The van der Waals surface area contributed by atoms with Gasteiger partial charge in [-0.2, -0.15) is 0 Å². The van der Waals surface area contributed by atoms with Crippen LogP contribution in [-0.2, 0) is 15.6 Å². The van der Waals surface area contributed by atoms with Gasteiger partial charge in [-0.25, -0.2) is 4.98 Å². The number of carbonyl (C=O) groups excluding carboxylic acids is 2. The van der Waals surface area contributed by atoms with Crippen LogP contribution in [0.5, 0.6) is 5.75 Å². The number of nitrogens with one attached hydrogen (secondary N) is 2. The number of hydrogen-bond acceptors (Lipinski definition) is 5.